The third-order valence-corrected chi connectivity index (χ3v) is 8.45. The largest absolute Gasteiger partial charge is 0.462 e. The molecule has 45 heavy (non-hydrogen) atoms. The molecule has 0 rings (SSSR count). The highest BCUT2D eigenvalue weighted by atomic mass is 16.6. The molecule has 1 N–H and O–H groups in total. The zero-order valence-electron chi connectivity index (χ0n) is 29.9. The Bertz CT molecular complexity index is 686. The molecule has 0 spiro atoms. The third-order valence-electron chi connectivity index (χ3n) is 8.45. The van der Waals surface area contributed by atoms with E-state index in [9.17, 15) is 14.7 Å². The number of ether oxygens (including phenoxy) is 2. The van der Waals surface area contributed by atoms with Crippen molar-refractivity contribution in [3.63, 3.8) is 0 Å². The topological polar surface area (TPSA) is 72.8 Å². The predicted octanol–water partition coefficient (Wildman–Crippen LogP) is 11.9. The molecule has 0 aliphatic rings. The Morgan fingerprint density at radius 1 is 0.489 bits per heavy atom. The van der Waals surface area contributed by atoms with Gasteiger partial charge in [0.05, 0.1) is 6.61 Å². The van der Waals surface area contributed by atoms with Gasteiger partial charge < -0.3 is 14.6 Å². The summed E-state index contributed by atoms with van der Waals surface area (Å²) in [7, 11) is 0. The van der Waals surface area contributed by atoms with Crippen LogP contribution in [0.2, 0.25) is 0 Å². The molecule has 0 heterocycles. The molecular weight excluding hydrogens is 560 g/mol. The van der Waals surface area contributed by atoms with Crippen LogP contribution >= 0.6 is 0 Å². The molecule has 0 aliphatic carbocycles. The molecule has 0 saturated heterocycles. The lowest BCUT2D eigenvalue weighted by atomic mass is 10.1. The average Bonchev–Trinajstić information content (AvgIpc) is 3.04. The van der Waals surface area contributed by atoms with Crippen molar-refractivity contribution in [2.45, 2.75) is 206 Å². The number of carbonyl (C=O) groups excluding carboxylic acids is 2. The minimum atomic E-state index is -0.771. The lowest BCUT2D eigenvalue weighted by Crippen LogP contribution is -2.28. The molecule has 5 heteroatoms. The van der Waals surface area contributed by atoms with Gasteiger partial charge in [-0.2, -0.15) is 0 Å². The van der Waals surface area contributed by atoms with E-state index in [1.54, 1.807) is 0 Å². The van der Waals surface area contributed by atoms with Crippen LogP contribution in [0.25, 0.3) is 0 Å². The molecule has 0 aliphatic heterocycles. The highest BCUT2D eigenvalue weighted by Gasteiger charge is 2.16. The van der Waals surface area contributed by atoms with Crippen molar-refractivity contribution >= 4 is 11.9 Å². The van der Waals surface area contributed by atoms with E-state index in [1.165, 1.54) is 122 Å². The van der Waals surface area contributed by atoms with Crippen molar-refractivity contribution in [1.82, 2.24) is 0 Å². The van der Waals surface area contributed by atoms with Crippen molar-refractivity contribution in [3.8, 4) is 0 Å². The standard InChI is InChI=1S/C40H74O5/c1-3-5-7-9-11-13-15-16-17-18-19-20-21-22-23-24-25-27-29-31-33-35-40(43)45-38(36-41)37-44-39(42)34-32-30-28-26-14-12-10-8-6-4-2/h8,10,18-19,38,41H,3-7,9,11-17,20-37H2,1-2H3/b10-8-,19-18-. The van der Waals surface area contributed by atoms with Gasteiger partial charge in [0, 0.05) is 12.8 Å². The first-order valence-electron chi connectivity index (χ1n) is 19.4. The summed E-state index contributed by atoms with van der Waals surface area (Å²) in [6.07, 6.45) is 42.5. The normalized spacial score (nSPS) is 12.3. The fraction of sp³-hybridized carbons (Fsp3) is 0.850. The molecule has 0 bridgehead atoms. The van der Waals surface area contributed by atoms with Crippen molar-refractivity contribution in [2.75, 3.05) is 13.2 Å². The van der Waals surface area contributed by atoms with Crippen LogP contribution < -0.4 is 0 Å². The summed E-state index contributed by atoms with van der Waals surface area (Å²) in [5.41, 5.74) is 0. The van der Waals surface area contributed by atoms with Crippen LogP contribution in [0.4, 0.5) is 0 Å². The lowest BCUT2D eigenvalue weighted by Gasteiger charge is -2.15. The van der Waals surface area contributed by atoms with Crippen LogP contribution in [0.3, 0.4) is 0 Å². The summed E-state index contributed by atoms with van der Waals surface area (Å²) in [5, 5.41) is 9.52. The Labute approximate surface area is 279 Å². The molecule has 0 amide bonds. The maximum absolute atomic E-state index is 12.1. The second-order valence-electron chi connectivity index (χ2n) is 13.0. The Hall–Kier alpha value is -1.62. The van der Waals surface area contributed by atoms with Crippen molar-refractivity contribution in [2.24, 2.45) is 0 Å². The molecule has 0 radical (unpaired) electrons. The van der Waals surface area contributed by atoms with Gasteiger partial charge in [-0.15, -0.1) is 0 Å². The van der Waals surface area contributed by atoms with Gasteiger partial charge in [0.2, 0.25) is 0 Å². The summed E-state index contributed by atoms with van der Waals surface area (Å²) in [4.78, 5) is 24.1. The fourth-order valence-corrected chi connectivity index (χ4v) is 5.49. The summed E-state index contributed by atoms with van der Waals surface area (Å²) in [5.74, 6) is -0.602. The molecular formula is C40H74O5. The summed E-state index contributed by atoms with van der Waals surface area (Å²) in [6.45, 7) is 4.07. The van der Waals surface area contributed by atoms with E-state index in [-0.39, 0.29) is 25.2 Å². The maximum atomic E-state index is 12.1. The van der Waals surface area contributed by atoms with Gasteiger partial charge in [-0.1, -0.05) is 154 Å². The van der Waals surface area contributed by atoms with E-state index in [4.69, 9.17) is 9.47 Å². The highest BCUT2D eigenvalue weighted by molar-refractivity contribution is 5.70. The van der Waals surface area contributed by atoms with E-state index in [0.717, 1.165) is 51.4 Å². The minimum Gasteiger partial charge on any atom is -0.462 e. The number of unbranched alkanes of at least 4 members (excludes halogenated alkanes) is 23. The minimum absolute atomic E-state index is 0.0687. The van der Waals surface area contributed by atoms with E-state index >= 15 is 0 Å². The first kappa shape index (κ1) is 43.4. The maximum Gasteiger partial charge on any atom is 0.306 e. The van der Waals surface area contributed by atoms with E-state index in [2.05, 4.69) is 38.2 Å². The van der Waals surface area contributed by atoms with Crippen molar-refractivity contribution in [3.05, 3.63) is 24.3 Å². The number of aliphatic hydroxyl groups excluding tert-OH is 1. The first-order valence-corrected chi connectivity index (χ1v) is 19.4. The molecule has 0 saturated carbocycles. The molecule has 264 valence electrons. The summed E-state index contributed by atoms with van der Waals surface area (Å²) >= 11 is 0. The van der Waals surface area contributed by atoms with Gasteiger partial charge >= 0.3 is 11.9 Å². The van der Waals surface area contributed by atoms with Gasteiger partial charge in [0.25, 0.3) is 0 Å². The van der Waals surface area contributed by atoms with Crippen molar-refractivity contribution in [1.29, 1.82) is 0 Å². The SMILES string of the molecule is CCC/C=C\CCCCCCCC(=O)OCC(CO)OC(=O)CCCCCCCCCCC/C=C\CCCCCCCCCC. The molecule has 0 aromatic carbocycles. The van der Waals surface area contributed by atoms with Crippen LogP contribution in [0.5, 0.6) is 0 Å². The second-order valence-corrected chi connectivity index (χ2v) is 13.0. The van der Waals surface area contributed by atoms with E-state index < -0.39 is 6.10 Å². The lowest BCUT2D eigenvalue weighted by molar-refractivity contribution is -0.161. The Morgan fingerprint density at radius 3 is 1.29 bits per heavy atom. The van der Waals surface area contributed by atoms with E-state index in [0.29, 0.717) is 12.8 Å². The fourth-order valence-electron chi connectivity index (χ4n) is 5.49. The monoisotopic (exact) mass is 635 g/mol. The van der Waals surface area contributed by atoms with E-state index in [1.807, 2.05) is 0 Å². The average molecular weight is 635 g/mol. The van der Waals surface area contributed by atoms with Gasteiger partial charge in [-0.05, 0) is 57.8 Å². The van der Waals surface area contributed by atoms with Crippen LogP contribution in [-0.4, -0.2) is 36.4 Å². The first-order chi connectivity index (χ1) is 22.1. The molecule has 1 atom stereocenters. The number of allylic oxidation sites excluding steroid dienone is 4. The Kier molecular flexibility index (Phi) is 35.5. The van der Waals surface area contributed by atoms with Crippen LogP contribution in [0.15, 0.2) is 24.3 Å². The number of hydrogen-bond donors (Lipinski definition) is 1. The number of aliphatic hydroxyl groups is 1. The summed E-state index contributed by atoms with van der Waals surface area (Å²) < 4.78 is 10.6. The van der Waals surface area contributed by atoms with Crippen LogP contribution in [-0.2, 0) is 19.1 Å². The zero-order valence-corrected chi connectivity index (χ0v) is 29.9. The quantitative estimate of drug-likeness (QED) is 0.0426. The van der Waals surface area contributed by atoms with Gasteiger partial charge in [-0.3, -0.25) is 9.59 Å². The summed E-state index contributed by atoms with van der Waals surface area (Å²) in [6, 6.07) is 0. The van der Waals surface area contributed by atoms with Gasteiger partial charge in [-0.25, -0.2) is 0 Å². The molecule has 1 unspecified atom stereocenters. The van der Waals surface area contributed by atoms with Gasteiger partial charge in [0.1, 0.15) is 6.61 Å². The van der Waals surface area contributed by atoms with Gasteiger partial charge in [0.15, 0.2) is 6.10 Å². The zero-order chi connectivity index (χ0) is 32.9. The number of esters is 2. The third kappa shape index (κ3) is 35.1. The molecule has 0 aromatic rings. The Morgan fingerprint density at radius 2 is 0.867 bits per heavy atom. The van der Waals surface area contributed by atoms with Crippen LogP contribution in [0, 0.1) is 0 Å². The molecule has 0 aromatic heterocycles. The Balaban J connectivity index is 3.51. The molecule has 5 nitrogen and oxygen atoms in total. The smallest absolute Gasteiger partial charge is 0.306 e. The highest BCUT2D eigenvalue weighted by Crippen LogP contribution is 2.14. The molecule has 0 fully saturated rings. The van der Waals surface area contributed by atoms with Crippen LogP contribution in [0.1, 0.15) is 200 Å². The number of rotatable bonds is 35. The predicted molar refractivity (Wildman–Crippen MR) is 191 cm³/mol. The second kappa shape index (κ2) is 36.8. The van der Waals surface area contributed by atoms with Crippen molar-refractivity contribution < 1.29 is 24.2 Å². The number of hydrogen-bond acceptors (Lipinski definition) is 5. The number of carbonyl (C=O) groups is 2.